The number of hydrogen-bond acceptors (Lipinski definition) is 5. The van der Waals surface area contributed by atoms with Gasteiger partial charge < -0.3 is 20.1 Å². The van der Waals surface area contributed by atoms with E-state index in [0.29, 0.717) is 25.3 Å². The lowest BCUT2D eigenvalue weighted by molar-refractivity contribution is -0.255. The molecule has 2 fully saturated rings. The minimum atomic E-state index is -4.74. The summed E-state index contributed by atoms with van der Waals surface area (Å²) in [6.45, 7) is 8.67. The van der Waals surface area contributed by atoms with Gasteiger partial charge in [-0.1, -0.05) is 37.3 Å². The second kappa shape index (κ2) is 10.8. The highest BCUT2D eigenvalue weighted by Gasteiger charge is 2.49. The van der Waals surface area contributed by atoms with Crippen molar-refractivity contribution in [3.63, 3.8) is 0 Å². The normalized spacial score (nSPS) is 33.8. The van der Waals surface area contributed by atoms with Crippen LogP contribution in [-0.2, 0) is 9.53 Å². The number of alkyl halides is 3. The fourth-order valence-electron chi connectivity index (χ4n) is 5.99. The molecule has 1 unspecified atom stereocenters. The lowest BCUT2D eigenvalue weighted by atomic mass is 9.63. The van der Waals surface area contributed by atoms with Gasteiger partial charge in [-0.25, -0.2) is 0 Å². The van der Waals surface area contributed by atoms with E-state index in [0.717, 1.165) is 36.8 Å². The largest absolute Gasteiger partial charge is 0.458 e. The predicted octanol–water partition coefficient (Wildman–Crippen LogP) is 5.46. The first kappa shape index (κ1) is 28.7. The van der Waals surface area contributed by atoms with Gasteiger partial charge in [-0.2, -0.15) is 13.2 Å². The number of carbonyl (C=O) groups is 1. The van der Waals surface area contributed by atoms with Gasteiger partial charge in [0.15, 0.2) is 5.60 Å². The molecule has 0 aromatic rings. The molecule has 3 rings (SSSR count). The van der Waals surface area contributed by atoms with Crippen molar-refractivity contribution >= 4 is 5.97 Å². The summed E-state index contributed by atoms with van der Waals surface area (Å²) in [5.74, 6) is -0.328. The number of carbonyl (C=O) groups excluding carboxylic acids is 1. The third-order valence-corrected chi connectivity index (χ3v) is 8.28. The van der Waals surface area contributed by atoms with Crippen LogP contribution in [0.15, 0.2) is 47.1 Å². The Balaban J connectivity index is 1.62. The lowest BCUT2D eigenvalue weighted by Crippen LogP contribution is -2.42. The van der Waals surface area contributed by atoms with Gasteiger partial charge in [-0.3, -0.25) is 4.79 Å². The topological polar surface area (TPSA) is 87.0 Å². The zero-order chi connectivity index (χ0) is 26.9. The molecule has 0 radical (unpaired) electrons. The highest BCUT2D eigenvalue weighted by molar-refractivity contribution is 5.69. The van der Waals surface area contributed by atoms with Crippen LogP contribution in [-0.4, -0.2) is 51.4 Å². The van der Waals surface area contributed by atoms with Gasteiger partial charge in [0.05, 0.1) is 12.2 Å². The number of fused-ring (bicyclic) bond motifs is 1. The van der Waals surface area contributed by atoms with Gasteiger partial charge in [0, 0.05) is 12.8 Å². The van der Waals surface area contributed by atoms with Crippen LogP contribution in [0.2, 0.25) is 0 Å². The Bertz CT molecular complexity index is 945. The fraction of sp³-hybridized carbons (Fsp3) is 0.679. The molecule has 0 bridgehead atoms. The number of esters is 1. The van der Waals surface area contributed by atoms with Gasteiger partial charge in [0.1, 0.15) is 6.10 Å². The highest BCUT2D eigenvalue weighted by Crippen LogP contribution is 2.56. The van der Waals surface area contributed by atoms with E-state index < -0.39 is 42.5 Å². The molecule has 6 atom stereocenters. The van der Waals surface area contributed by atoms with Crippen molar-refractivity contribution in [1.82, 2.24) is 0 Å². The average Bonchev–Trinajstić information content (AvgIpc) is 3.11. The van der Waals surface area contributed by atoms with Crippen LogP contribution in [0.25, 0.3) is 0 Å². The van der Waals surface area contributed by atoms with Crippen molar-refractivity contribution in [2.24, 2.45) is 11.3 Å². The zero-order valence-electron chi connectivity index (χ0n) is 21.4. The van der Waals surface area contributed by atoms with Crippen molar-refractivity contribution in [3.8, 4) is 0 Å². The molecular weight excluding hydrogens is 473 g/mol. The standard InChI is InChI=1S/C28H39F3O5/c1-17-20(15-21(32)16-24(17)33)10-9-19-7-5-13-26(3)22(11-12-23(19)26)18(2)36-25(34)8-6-14-27(4,35)28(29,30)31/h9-11,18,21,23-24,32-33,35H,1,5-8,12-16H2,2-4H3/b19-9+,20-10-/t18-,21+,23-,24-,26+,27?/m0/s1. The molecular formula is C28H39F3O5. The summed E-state index contributed by atoms with van der Waals surface area (Å²) in [5, 5.41) is 29.7. The van der Waals surface area contributed by atoms with E-state index in [9.17, 15) is 33.3 Å². The maximum absolute atomic E-state index is 12.8. The van der Waals surface area contributed by atoms with Gasteiger partial charge in [0.25, 0.3) is 0 Å². The monoisotopic (exact) mass is 512 g/mol. The number of hydrogen-bond donors (Lipinski definition) is 3. The van der Waals surface area contributed by atoms with E-state index in [-0.39, 0.29) is 24.2 Å². The van der Waals surface area contributed by atoms with Crippen LogP contribution >= 0.6 is 0 Å². The van der Waals surface area contributed by atoms with E-state index in [1.807, 2.05) is 6.08 Å². The molecule has 3 aliphatic carbocycles. The molecule has 0 spiro atoms. The van der Waals surface area contributed by atoms with Crippen molar-refractivity contribution in [2.45, 2.75) is 109 Å². The molecule has 2 saturated carbocycles. The summed E-state index contributed by atoms with van der Waals surface area (Å²) in [6.07, 6.45) is 3.20. The number of rotatable bonds is 7. The first-order valence-electron chi connectivity index (χ1n) is 12.8. The second-order valence-electron chi connectivity index (χ2n) is 11.0. The molecule has 36 heavy (non-hydrogen) atoms. The lowest BCUT2D eigenvalue weighted by Gasteiger charge is -2.42. The zero-order valence-corrected chi connectivity index (χ0v) is 21.4. The van der Waals surface area contributed by atoms with Crippen LogP contribution in [0.1, 0.15) is 78.6 Å². The molecule has 202 valence electrons. The molecule has 0 aliphatic heterocycles. The minimum absolute atomic E-state index is 0.118. The van der Waals surface area contributed by atoms with E-state index in [2.05, 4.69) is 25.7 Å². The van der Waals surface area contributed by atoms with Gasteiger partial charge in [0.2, 0.25) is 0 Å². The second-order valence-corrected chi connectivity index (χ2v) is 11.0. The minimum Gasteiger partial charge on any atom is -0.458 e. The molecule has 0 amide bonds. The molecule has 0 saturated heterocycles. The maximum Gasteiger partial charge on any atom is 0.416 e. The Morgan fingerprint density at radius 3 is 2.69 bits per heavy atom. The Morgan fingerprint density at radius 1 is 1.33 bits per heavy atom. The van der Waals surface area contributed by atoms with Gasteiger partial charge in [-0.05, 0) is 86.8 Å². The van der Waals surface area contributed by atoms with Crippen molar-refractivity contribution in [3.05, 3.63) is 47.1 Å². The maximum atomic E-state index is 12.8. The Labute approximate surface area is 211 Å². The third kappa shape index (κ3) is 6.14. The average molecular weight is 513 g/mol. The molecule has 3 aliphatic rings. The summed E-state index contributed by atoms with van der Waals surface area (Å²) in [4.78, 5) is 12.4. The smallest absolute Gasteiger partial charge is 0.416 e. The summed E-state index contributed by atoms with van der Waals surface area (Å²) in [7, 11) is 0. The van der Waals surface area contributed by atoms with Crippen LogP contribution in [0.5, 0.6) is 0 Å². The number of aliphatic hydroxyl groups excluding tert-OH is 2. The van der Waals surface area contributed by atoms with E-state index in [1.165, 1.54) is 5.57 Å². The first-order chi connectivity index (χ1) is 16.7. The summed E-state index contributed by atoms with van der Waals surface area (Å²) >= 11 is 0. The van der Waals surface area contributed by atoms with Crippen LogP contribution in [0, 0.1) is 11.3 Å². The third-order valence-electron chi connectivity index (χ3n) is 8.28. The predicted molar refractivity (Wildman–Crippen MR) is 131 cm³/mol. The number of aliphatic hydroxyl groups is 3. The van der Waals surface area contributed by atoms with Crippen LogP contribution < -0.4 is 0 Å². The van der Waals surface area contributed by atoms with E-state index >= 15 is 0 Å². The van der Waals surface area contributed by atoms with E-state index in [1.54, 1.807) is 6.92 Å². The number of halogens is 3. The van der Waals surface area contributed by atoms with Crippen molar-refractivity contribution in [1.29, 1.82) is 0 Å². The molecule has 0 aromatic carbocycles. The van der Waals surface area contributed by atoms with E-state index in [4.69, 9.17) is 4.74 Å². The van der Waals surface area contributed by atoms with Gasteiger partial charge >= 0.3 is 12.1 Å². The van der Waals surface area contributed by atoms with Crippen LogP contribution in [0.3, 0.4) is 0 Å². The summed E-state index contributed by atoms with van der Waals surface area (Å²) in [5.41, 5.74) is 0.808. The number of ether oxygens (including phenoxy) is 1. The first-order valence-corrected chi connectivity index (χ1v) is 12.8. The quantitative estimate of drug-likeness (QED) is 0.311. The molecule has 3 N–H and O–H groups in total. The summed E-state index contributed by atoms with van der Waals surface area (Å²) < 4.78 is 44.0. The number of allylic oxidation sites excluding steroid dienone is 4. The Hall–Kier alpha value is -1.90. The molecule has 0 aromatic heterocycles. The molecule has 8 heteroatoms. The van der Waals surface area contributed by atoms with Gasteiger partial charge in [-0.15, -0.1) is 0 Å². The Morgan fingerprint density at radius 2 is 2.03 bits per heavy atom. The SMILES string of the molecule is C=C1/C(=C\C=C2/CCC[C@]3(C)C([C@H](C)OC(=O)CCCC(C)(O)C(F)(F)F)=CC[C@@H]23)C[C@@H](O)C[C@@H]1O. The van der Waals surface area contributed by atoms with Crippen molar-refractivity contribution in [2.75, 3.05) is 0 Å². The highest BCUT2D eigenvalue weighted by atomic mass is 19.4. The molecule has 0 heterocycles. The Kier molecular flexibility index (Phi) is 8.63. The fourth-order valence-corrected chi connectivity index (χ4v) is 5.99. The summed E-state index contributed by atoms with van der Waals surface area (Å²) in [6, 6.07) is 0. The molecule has 5 nitrogen and oxygen atoms in total. The van der Waals surface area contributed by atoms with Crippen molar-refractivity contribution < 1.29 is 38.0 Å². The van der Waals surface area contributed by atoms with Crippen LogP contribution in [0.4, 0.5) is 13.2 Å².